The van der Waals surface area contributed by atoms with Crippen LogP contribution in [0.5, 0.6) is 0 Å². The summed E-state index contributed by atoms with van der Waals surface area (Å²) in [7, 11) is 0. The van der Waals surface area contributed by atoms with Crippen LogP contribution in [-0.2, 0) is 6.54 Å². The molecule has 4 heterocycles. The van der Waals surface area contributed by atoms with Crippen molar-refractivity contribution in [2.24, 2.45) is 0 Å². The summed E-state index contributed by atoms with van der Waals surface area (Å²) >= 11 is 4.95. The standard InChI is InChI=1S/C17H17N3OS3/c21-17(15-12-24-16(18-15)14-2-8-23-11-14)20-5-3-19(4-6-20)9-13-1-7-22-10-13/h1-2,7-8,10-12H,3-6,9H2/p+1. The zero-order valence-corrected chi connectivity index (χ0v) is 15.6. The SMILES string of the molecule is O=C(c1csc(-c2ccsc2)n1)N1CC[NH+](Cc2ccsc2)CC1. The van der Waals surface area contributed by atoms with Gasteiger partial charge in [-0.2, -0.15) is 22.7 Å². The Morgan fingerprint density at radius 1 is 1.12 bits per heavy atom. The number of carbonyl (C=O) groups excluding carboxylic acids is 1. The summed E-state index contributed by atoms with van der Waals surface area (Å²) in [4.78, 5) is 20.7. The summed E-state index contributed by atoms with van der Waals surface area (Å²) in [6.45, 7) is 4.68. The number of quaternary nitrogens is 1. The third-order valence-electron chi connectivity index (χ3n) is 4.28. The van der Waals surface area contributed by atoms with E-state index in [1.54, 1.807) is 38.9 Å². The molecule has 24 heavy (non-hydrogen) atoms. The second kappa shape index (κ2) is 7.14. The van der Waals surface area contributed by atoms with Crippen LogP contribution in [0.4, 0.5) is 0 Å². The van der Waals surface area contributed by atoms with Crippen LogP contribution in [0.1, 0.15) is 16.1 Å². The van der Waals surface area contributed by atoms with Gasteiger partial charge in [0.25, 0.3) is 5.91 Å². The van der Waals surface area contributed by atoms with Crippen LogP contribution in [0.3, 0.4) is 0 Å². The van der Waals surface area contributed by atoms with Gasteiger partial charge >= 0.3 is 0 Å². The fourth-order valence-electron chi connectivity index (χ4n) is 2.94. The average Bonchev–Trinajstić information content (AvgIpc) is 3.36. The first-order valence-electron chi connectivity index (χ1n) is 7.91. The highest BCUT2D eigenvalue weighted by atomic mass is 32.1. The number of nitrogens with one attached hydrogen (secondary N) is 1. The maximum Gasteiger partial charge on any atom is 0.273 e. The Kier molecular flexibility index (Phi) is 4.75. The Balaban J connectivity index is 1.36. The van der Waals surface area contributed by atoms with E-state index in [0.29, 0.717) is 5.69 Å². The van der Waals surface area contributed by atoms with E-state index < -0.39 is 0 Å². The number of piperazine rings is 1. The minimum atomic E-state index is 0.0716. The van der Waals surface area contributed by atoms with Crippen LogP contribution in [0.2, 0.25) is 0 Å². The molecule has 0 bridgehead atoms. The van der Waals surface area contributed by atoms with Crippen molar-refractivity contribution in [1.82, 2.24) is 9.88 Å². The van der Waals surface area contributed by atoms with E-state index in [1.165, 1.54) is 5.56 Å². The van der Waals surface area contributed by atoms with Crippen molar-refractivity contribution >= 4 is 39.9 Å². The van der Waals surface area contributed by atoms with Crippen LogP contribution in [0.15, 0.2) is 39.0 Å². The molecule has 1 fully saturated rings. The predicted octanol–water partition coefficient (Wildman–Crippen LogP) is 2.47. The van der Waals surface area contributed by atoms with Gasteiger partial charge in [0, 0.05) is 21.9 Å². The number of rotatable bonds is 4. The smallest absolute Gasteiger partial charge is 0.273 e. The van der Waals surface area contributed by atoms with E-state index in [9.17, 15) is 4.79 Å². The van der Waals surface area contributed by atoms with Gasteiger partial charge in [0.05, 0.1) is 26.2 Å². The highest BCUT2D eigenvalue weighted by Gasteiger charge is 2.26. The Morgan fingerprint density at radius 2 is 1.92 bits per heavy atom. The number of hydrogen-bond acceptors (Lipinski definition) is 5. The van der Waals surface area contributed by atoms with Crippen molar-refractivity contribution in [3.05, 3.63) is 50.3 Å². The van der Waals surface area contributed by atoms with Gasteiger partial charge in [-0.15, -0.1) is 11.3 Å². The summed E-state index contributed by atoms with van der Waals surface area (Å²) in [5, 5.41) is 11.3. The van der Waals surface area contributed by atoms with Crippen LogP contribution in [0, 0.1) is 0 Å². The lowest BCUT2D eigenvalue weighted by Crippen LogP contribution is -3.13. The molecule has 4 rings (SSSR count). The van der Waals surface area contributed by atoms with Gasteiger partial charge < -0.3 is 9.80 Å². The molecule has 0 aromatic carbocycles. The lowest BCUT2D eigenvalue weighted by molar-refractivity contribution is -0.917. The number of thiophene rings is 2. The fourth-order valence-corrected chi connectivity index (χ4v) is 5.11. The van der Waals surface area contributed by atoms with E-state index in [2.05, 4.69) is 27.2 Å². The van der Waals surface area contributed by atoms with E-state index in [1.807, 2.05) is 21.7 Å². The largest absolute Gasteiger partial charge is 0.328 e. The molecule has 124 valence electrons. The van der Waals surface area contributed by atoms with Gasteiger partial charge in [0.2, 0.25) is 0 Å². The molecule has 1 aliphatic heterocycles. The lowest BCUT2D eigenvalue weighted by Gasteiger charge is -2.31. The maximum absolute atomic E-state index is 12.7. The van der Waals surface area contributed by atoms with E-state index >= 15 is 0 Å². The summed E-state index contributed by atoms with van der Waals surface area (Å²) in [6, 6.07) is 4.24. The number of hydrogen-bond donors (Lipinski definition) is 1. The number of nitrogens with zero attached hydrogens (tertiary/aromatic N) is 2. The van der Waals surface area contributed by atoms with Crippen LogP contribution < -0.4 is 4.90 Å². The predicted molar refractivity (Wildman–Crippen MR) is 100 cm³/mol. The highest BCUT2D eigenvalue weighted by molar-refractivity contribution is 7.14. The second-order valence-corrected chi connectivity index (χ2v) is 8.32. The molecule has 0 unspecified atom stereocenters. The molecule has 0 aliphatic carbocycles. The molecule has 1 saturated heterocycles. The topological polar surface area (TPSA) is 37.6 Å². The Hall–Kier alpha value is -1.54. The Morgan fingerprint density at radius 3 is 2.62 bits per heavy atom. The van der Waals surface area contributed by atoms with E-state index in [0.717, 1.165) is 43.3 Å². The first-order valence-corrected chi connectivity index (χ1v) is 10.7. The van der Waals surface area contributed by atoms with Crippen LogP contribution in [-0.4, -0.2) is 42.0 Å². The first kappa shape index (κ1) is 16.0. The molecule has 1 aliphatic rings. The zero-order chi connectivity index (χ0) is 16.4. The monoisotopic (exact) mass is 376 g/mol. The quantitative estimate of drug-likeness (QED) is 0.760. The van der Waals surface area contributed by atoms with Crippen LogP contribution >= 0.6 is 34.0 Å². The summed E-state index contributed by atoms with van der Waals surface area (Å²) in [5.41, 5.74) is 3.09. The van der Waals surface area contributed by atoms with Crippen molar-refractivity contribution < 1.29 is 9.69 Å². The van der Waals surface area contributed by atoms with Crippen molar-refractivity contribution in [3.8, 4) is 10.6 Å². The lowest BCUT2D eigenvalue weighted by atomic mass is 10.2. The molecule has 4 nitrogen and oxygen atoms in total. The third-order valence-corrected chi connectivity index (χ3v) is 6.59. The Labute approximate surface area is 153 Å². The molecule has 1 amide bonds. The number of thiazole rings is 1. The molecule has 7 heteroatoms. The zero-order valence-electron chi connectivity index (χ0n) is 13.1. The van der Waals surface area contributed by atoms with Gasteiger partial charge in [-0.05, 0) is 28.3 Å². The Bertz CT molecular complexity index is 787. The summed E-state index contributed by atoms with van der Waals surface area (Å²) in [6.07, 6.45) is 0. The molecular formula is C17H18N3OS3+. The minimum absolute atomic E-state index is 0.0716. The molecule has 3 aromatic heterocycles. The van der Waals surface area contributed by atoms with Gasteiger partial charge in [0.1, 0.15) is 17.2 Å². The van der Waals surface area contributed by atoms with E-state index in [4.69, 9.17) is 0 Å². The van der Waals surface area contributed by atoms with Crippen molar-refractivity contribution in [2.45, 2.75) is 6.54 Å². The number of aromatic nitrogens is 1. The van der Waals surface area contributed by atoms with Gasteiger partial charge in [0.15, 0.2) is 0 Å². The van der Waals surface area contributed by atoms with Crippen molar-refractivity contribution in [2.75, 3.05) is 26.2 Å². The molecular weight excluding hydrogens is 358 g/mol. The maximum atomic E-state index is 12.7. The van der Waals surface area contributed by atoms with Crippen molar-refractivity contribution in [1.29, 1.82) is 0 Å². The molecule has 3 aromatic rings. The third kappa shape index (κ3) is 3.44. The normalized spacial score (nSPS) is 15.8. The summed E-state index contributed by atoms with van der Waals surface area (Å²) < 4.78 is 0. The highest BCUT2D eigenvalue weighted by Crippen LogP contribution is 2.26. The second-order valence-electron chi connectivity index (χ2n) is 5.90. The van der Waals surface area contributed by atoms with Gasteiger partial charge in [-0.3, -0.25) is 4.79 Å². The van der Waals surface area contributed by atoms with Gasteiger partial charge in [-0.25, -0.2) is 4.98 Å². The molecule has 0 radical (unpaired) electrons. The molecule has 0 spiro atoms. The number of carbonyl (C=O) groups is 1. The van der Waals surface area contributed by atoms with Crippen LogP contribution in [0.25, 0.3) is 10.6 Å². The van der Waals surface area contributed by atoms with Gasteiger partial charge in [-0.1, -0.05) is 0 Å². The first-order chi connectivity index (χ1) is 11.8. The summed E-state index contributed by atoms with van der Waals surface area (Å²) in [5.74, 6) is 0.0716. The van der Waals surface area contributed by atoms with Crippen molar-refractivity contribution in [3.63, 3.8) is 0 Å². The molecule has 1 N–H and O–H groups in total. The molecule has 0 saturated carbocycles. The number of amides is 1. The minimum Gasteiger partial charge on any atom is -0.328 e. The fraction of sp³-hybridized carbons (Fsp3) is 0.294. The average molecular weight is 377 g/mol. The molecule has 0 atom stereocenters. The van der Waals surface area contributed by atoms with E-state index in [-0.39, 0.29) is 5.91 Å².